The van der Waals surface area contributed by atoms with Crippen molar-refractivity contribution in [1.82, 2.24) is 4.90 Å². The van der Waals surface area contributed by atoms with Gasteiger partial charge in [-0.25, -0.2) is 0 Å². The third-order valence-electron chi connectivity index (χ3n) is 5.12. The summed E-state index contributed by atoms with van der Waals surface area (Å²) in [5.74, 6) is 2.95. The Labute approximate surface area is 104 Å². The summed E-state index contributed by atoms with van der Waals surface area (Å²) in [6, 6.07) is 0.395. The number of hydrogen-bond donors (Lipinski definition) is 1. The highest BCUT2D eigenvalue weighted by Crippen LogP contribution is 2.56. The summed E-state index contributed by atoms with van der Waals surface area (Å²) < 4.78 is 0. The molecular formula is C14H24N2O. The van der Waals surface area contributed by atoms with Gasteiger partial charge in [0.2, 0.25) is 5.91 Å². The van der Waals surface area contributed by atoms with Crippen molar-refractivity contribution in [3.63, 3.8) is 0 Å². The van der Waals surface area contributed by atoms with Gasteiger partial charge >= 0.3 is 0 Å². The number of rotatable bonds is 3. The molecule has 2 atom stereocenters. The molecule has 2 N–H and O–H groups in total. The van der Waals surface area contributed by atoms with E-state index in [0.717, 1.165) is 31.2 Å². The highest BCUT2D eigenvalue weighted by molar-refractivity contribution is 5.82. The average molecular weight is 236 g/mol. The zero-order chi connectivity index (χ0) is 12.0. The van der Waals surface area contributed by atoms with Crippen molar-refractivity contribution in [2.45, 2.75) is 44.6 Å². The molecule has 0 aromatic carbocycles. The lowest BCUT2D eigenvalue weighted by Crippen LogP contribution is -2.43. The Hall–Kier alpha value is -0.570. The Morgan fingerprint density at radius 1 is 1.24 bits per heavy atom. The fourth-order valence-corrected chi connectivity index (χ4v) is 4.03. The fourth-order valence-electron chi connectivity index (χ4n) is 4.03. The summed E-state index contributed by atoms with van der Waals surface area (Å²) in [5, 5.41) is 0. The molecule has 0 bridgehead atoms. The van der Waals surface area contributed by atoms with E-state index in [-0.39, 0.29) is 0 Å². The van der Waals surface area contributed by atoms with Gasteiger partial charge in [-0.2, -0.15) is 0 Å². The van der Waals surface area contributed by atoms with Gasteiger partial charge in [0.15, 0.2) is 0 Å². The van der Waals surface area contributed by atoms with Gasteiger partial charge in [0, 0.05) is 25.6 Å². The van der Waals surface area contributed by atoms with Gasteiger partial charge in [0.25, 0.3) is 0 Å². The van der Waals surface area contributed by atoms with E-state index < -0.39 is 0 Å². The Morgan fingerprint density at radius 2 is 1.82 bits per heavy atom. The van der Waals surface area contributed by atoms with Crippen molar-refractivity contribution in [2.75, 3.05) is 13.6 Å². The molecule has 2 unspecified atom stereocenters. The van der Waals surface area contributed by atoms with E-state index in [9.17, 15) is 4.79 Å². The van der Waals surface area contributed by atoms with E-state index in [4.69, 9.17) is 5.73 Å². The van der Waals surface area contributed by atoms with E-state index in [1.165, 1.54) is 25.7 Å². The maximum atomic E-state index is 12.3. The zero-order valence-electron chi connectivity index (χ0n) is 10.8. The lowest BCUT2D eigenvalue weighted by Gasteiger charge is -2.35. The second-order valence-electron chi connectivity index (χ2n) is 6.45. The first-order valence-electron chi connectivity index (χ1n) is 7.17. The van der Waals surface area contributed by atoms with Gasteiger partial charge in [-0.1, -0.05) is 12.8 Å². The maximum absolute atomic E-state index is 12.3. The smallest absolute Gasteiger partial charge is 0.226 e. The molecule has 3 rings (SSSR count). The molecule has 96 valence electrons. The van der Waals surface area contributed by atoms with Crippen molar-refractivity contribution < 1.29 is 4.79 Å². The van der Waals surface area contributed by atoms with Gasteiger partial charge in [0.1, 0.15) is 0 Å². The van der Waals surface area contributed by atoms with Gasteiger partial charge < -0.3 is 10.6 Å². The van der Waals surface area contributed by atoms with Crippen LogP contribution in [-0.2, 0) is 4.79 Å². The topological polar surface area (TPSA) is 46.3 Å². The first kappa shape index (κ1) is 11.5. The Balaban J connectivity index is 1.49. The van der Waals surface area contributed by atoms with Crippen LogP contribution >= 0.6 is 0 Å². The highest BCUT2D eigenvalue weighted by atomic mass is 16.2. The molecular weight excluding hydrogens is 212 g/mol. The third kappa shape index (κ3) is 2.10. The number of carbonyl (C=O) groups is 1. The number of amides is 1. The van der Waals surface area contributed by atoms with Gasteiger partial charge in [-0.15, -0.1) is 0 Å². The van der Waals surface area contributed by atoms with E-state index >= 15 is 0 Å². The predicted octanol–water partition coefficient (Wildman–Crippen LogP) is 1.62. The Bertz CT molecular complexity index is 299. The van der Waals surface area contributed by atoms with Gasteiger partial charge in [-0.05, 0) is 43.4 Å². The summed E-state index contributed by atoms with van der Waals surface area (Å²) in [6.07, 6.45) is 7.48. The average Bonchev–Trinajstić information content (AvgIpc) is 3.00. The molecule has 3 fully saturated rings. The largest absolute Gasteiger partial charge is 0.345 e. The van der Waals surface area contributed by atoms with Gasteiger partial charge in [-0.3, -0.25) is 4.79 Å². The summed E-state index contributed by atoms with van der Waals surface area (Å²) in [6.45, 7) is 0.933. The summed E-state index contributed by atoms with van der Waals surface area (Å²) in [4.78, 5) is 14.3. The summed E-state index contributed by atoms with van der Waals surface area (Å²) >= 11 is 0. The monoisotopic (exact) mass is 236 g/mol. The van der Waals surface area contributed by atoms with E-state index in [0.29, 0.717) is 23.8 Å². The molecule has 0 saturated heterocycles. The molecule has 3 aliphatic carbocycles. The minimum Gasteiger partial charge on any atom is -0.345 e. The maximum Gasteiger partial charge on any atom is 0.226 e. The second kappa shape index (κ2) is 4.27. The molecule has 3 nitrogen and oxygen atoms in total. The minimum atomic E-state index is 0.385. The SMILES string of the molecule is CN(CC1CC(N)C1)C(=O)C1C2CCCCC21. The lowest BCUT2D eigenvalue weighted by atomic mass is 9.80. The van der Waals surface area contributed by atoms with Crippen LogP contribution in [0.5, 0.6) is 0 Å². The van der Waals surface area contributed by atoms with Crippen LogP contribution in [0.15, 0.2) is 0 Å². The third-order valence-corrected chi connectivity index (χ3v) is 5.12. The zero-order valence-corrected chi connectivity index (χ0v) is 10.8. The van der Waals surface area contributed by atoms with Crippen LogP contribution < -0.4 is 5.73 Å². The van der Waals surface area contributed by atoms with Crippen molar-refractivity contribution in [2.24, 2.45) is 29.4 Å². The Kier molecular flexibility index (Phi) is 2.89. The van der Waals surface area contributed by atoms with Crippen LogP contribution in [-0.4, -0.2) is 30.4 Å². The quantitative estimate of drug-likeness (QED) is 0.809. The number of nitrogens with two attached hydrogens (primary N) is 1. The molecule has 1 amide bonds. The number of nitrogens with zero attached hydrogens (tertiary/aromatic N) is 1. The Morgan fingerprint density at radius 3 is 2.35 bits per heavy atom. The first-order valence-corrected chi connectivity index (χ1v) is 7.17. The van der Waals surface area contributed by atoms with Crippen LogP contribution in [0.2, 0.25) is 0 Å². The number of carbonyl (C=O) groups excluding carboxylic acids is 1. The summed E-state index contributed by atoms with van der Waals surface area (Å²) in [7, 11) is 1.98. The molecule has 3 saturated carbocycles. The molecule has 17 heavy (non-hydrogen) atoms. The van der Waals surface area contributed by atoms with Crippen LogP contribution in [0.25, 0.3) is 0 Å². The molecule has 0 aromatic heterocycles. The molecule has 0 radical (unpaired) electrons. The normalized spacial score (nSPS) is 43.5. The molecule has 0 aliphatic heterocycles. The number of fused-ring (bicyclic) bond motifs is 1. The standard InChI is InChI=1S/C14H24N2O/c1-16(8-9-6-10(15)7-9)14(17)13-11-4-2-3-5-12(11)13/h9-13H,2-8,15H2,1H3. The first-order chi connectivity index (χ1) is 8.16. The lowest BCUT2D eigenvalue weighted by molar-refractivity contribution is -0.132. The van der Waals surface area contributed by atoms with Crippen LogP contribution in [0.4, 0.5) is 0 Å². The predicted molar refractivity (Wildman–Crippen MR) is 67.3 cm³/mol. The fraction of sp³-hybridized carbons (Fsp3) is 0.929. The number of hydrogen-bond acceptors (Lipinski definition) is 2. The van der Waals surface area contributed by atoms with E-state index in [1.807, 2.05) is 11.9 Å². The van der Waals surface area contributed by atoms with E-state index in [2.05, 4.69) is 0 Å². The van der Waals surface area contributed by atoms with Crippen molar-refractivity contribution in [1.29, 1.82) is 0 Å². The summed E-state index contributed by atoms with van der Waals surface area (Å²) in [5.41, 5.74) is 5.78. The molecule has 0 aromatic rings. The van der Waals surface area contributed by atoms with Crippen LogP contribution in [0.1, 0.15) is 38.5 Å². The molecule has 3 heteroatoms. The van der Waals surface area contributed by atoms with Crippen molar-refractivity contribution in [3.05, 3.63) is 0 Å². The molecule has 3 aliphatic rings. The van der Waals surface area contributed by atoms with Crippen molar-refractivity contribution >= 4 is 5.91 Å². The molecule has 0 spiro atoms. The van der Waals surface area contributed by atoms with Gasteiger partial charge in [0.05, 0.1) is 0 Å². The van der Waals surface area contributed by atoms with Crippen molar-refractivity contribution in [3.8, 4) is 0 Å². The van der Waals surface area contributed by atoms with E-state index in [1.54, 1.807) is 0 Å². The van der Waals surface area contributed by atoms with Crippen LogP contribution in [0, 0.1) is 23.7 Å². The van der Waals surface area contributed by atoms with Crippen LogP contribution in [0.3, 0.4) is 0 Å². The molecule has 0 heterocycles. The minimum absolute atomic E-state index is 0.385. The second-order valence-corrected chi connectivity index (χ2v) is 6.45. The highest BCUT2D eigenvalue weighted by Gasteiger charge is 2.55.